The molecule has 0 radical (unpaired) electrons. The highest BCUT2D eigenvalue weighted by molar-refractivity contribution is 9.10. The van der Waals surface area contributed by atoms with Gasteiger partial charge < -0.3 is 9.84 Å². The molecule has 90 valence electrons. The Morgan fingerprint density at radius 3 is 2.88 bits per heavy atom. The van der Waals surface area contributed by atoms with E-state index in [4.69, 9.17) is 15.1 Å². The van der Waals surface area contributed by atoms with Crippen molar-refractivity contribution < 1.29 is 14.6 Å². The van der Waals surface area contributed by atoms with E-state index < -0.39 is 5.97 Å². The highest BCUT2D eigenvalue weighted by Crippen LogP contribution is 2.28. The second-order valence-corrected chi connectivity index (χ2v) is 4.43. The summed E-state index contributed by atoms with van der Waals surface area (Å²) in [6.45, 7) is 2.13. The molecule has 1 aromatic carbocycles. The molecule has 1 rings (SSSR count). The molecule has 17 heavy (non-hydrogen) atoms. The standard InChI is InChI=1S/C12H12BrNO3/c1-8-6-9(13)7-10(12(15)16)11(8)17-5-3-2-4-14/h6-7H,2-3,5H2,1H3,(H,15,16). The van der Waals surface area contributed by atoms with E-state index in [2.05, 4.69) is 15.9 Å². The lowest BCUT2D eigenvalue weighted by atomic mass is 10.1. The average molecular weight is 298 g/mol. The van der Waals surface area contributed by atoms with Gasteiger partial charge >= 0.3 is 5.97 Å². The fourth-order valence-electron chi connectivity index (χ4n) is 1.41. The van der Waals surface area contributed by atoms with Crippen LogP contribution in [0.4, 0.5) is 0 Å². The number of hydrogen-bond donors (Lipinski definition) is 1. The van der Waals surface area contributed by atoms with Gasteiger partial charge in [-0.15, -0.1) is 0 Å². The Morgan fingerprint density at radius 1 is 1.59 bits per heavy atom. The van der Waals surface area contributed by atoms with E-state index in [-0.39, 0.29) is 5.56 Å². The maximum absolute atomic E-state index is 11.1. The number of aryl methyl sites for hydroxylation is 1. The molecule has 0 amide bonds. The molecule has 5 heteroatoms. The van der Waals surface area contributed by atoms with E-state index in [9.17, 15) is 4.79 Å². The summed E-state index contributed by atoms with van der Waals surface area (Å²) in [5.74, 6) is -0.650. The Morgan fingerprint density at radius 2 is 2.29 bits per heavy atom. The first-order valence-electron chi connectivity index (χ1n) is 5.09. The number of carboxylic acid groups (broad SMARTS) is 1. The monoisotopic (exact) mass is 297 g/mol. The number of aromatic carboxylic acids is 1. The number of benzene rings is 1. The van der Waals surface area contributed by atoms with Crippen molar-refractivity contribution in [3.05, 3.63) is 27.7 Å². The number of nitrogens with zero attached hydrogens (tertiary/aromatic N) is 1. The number of rotatable bonds is 5. The lowest BCUT2D eigenvalue weighted by Crippen LogP contribution is -2.06. The molecule has 0 saturated heterocycles. The summed E-state index contributed by atoms with van der Waals surface area (Å²) in [6.07, 6.45) is 0.989. The SMILES string of the molecule is Cc1cc(Br)cc(C(=O)O)c1OCCCC#N. The van der Waals surface area contributed by atoms with Crippen LogP contribution in [-0.2, 0) is 0 Å². The molecule has 4 nitrogen and oxygen atoms in total. The molecule has 1 N–H and O–H groups in total. The van der Waals surface area contributed by atoms with Crippen LogP contribution in [0.2, 0.25) is 0 Å². The third-order valence-corrected chi connectivity index (χ3v) is 2.61. The van der Waals surface area contributed by atoms with Crippen LogP contribution in [0.25, 0.3) is 0 Å². The summed E-state index contributed by atoms with van der Waals surface area (Å²) < 4.78 is 6.14. The first-order valence-corrected chi connectivity index (χ1v) is 5.88. The average Bonchev–Trinajstić information content (AvgIpc) is 2.25. The minimum Gasteiger partial charge on any atom is -0.492 e. The highest BCUT2D eigenvalue weighted by atomic mass is 79.9. The van der Waals surface area contributed by atoms with Crippen LogP contribution in [0.5, 0.6) is 5.75 Å². The Bertz CT molecular complexity index is 466. The maximum atomic E-state index is 11.1. The van der Waals surface area contributed by atoms with Crippen LogP contribution >= 0.6 is 15.9 Å². The summed E-state index contributed by atoms with van der Waals surface area (Å²) >= 11 is 3.25. The van der Waals surface area contributed by atoms with Gasteiger partial charge in [0.2, 0.25) is 0 Å². The second-order valence-electron chi connectivity index (χ2n) is 3.51. The van der Waals surface area contributed by atoms with Crippen LogP contribution in [-0.4, -0.2) is 17.7 Å². The quantitative estimate of drug-likeness (QED) is 0.848. The minimum absolute atomic E-state index is 0.133. The van der Waals surface area contributed by atoms with Crippen LogP contribution in [0.3, 0.4) is 0 Å². The zero-order valence-corrected chi connectivity index (χ0v) is 11.0. The van der Waals surface area contributed by atoms with E-state index >= 15 is 0 Å². The Kier molecular flexibility index (Phi) is 4.98. The van der Waals surface area contributed by atoms with Gasteiger partial charge in [-0.1, -0.05) is 15.9 Å². The van der Waals surface area contributed by atoms with Crippen LogP contribution in [0.1, 0.15) is 28.8 Å². The smallest absolute Gasteiger partial charge is 0.339 e. The zero-order chi connectivity index (χ0) is 12.8. The largest absolute Gasteiger partial charge is 0.492 e. The van der Waals surface area contributed by atoms with Crippen LogP contribution in [0.15, 0.2) is 16.6 Å². The van der Waals surface area contributed by atoms with Gasteiger partial charge in [0.25, 0.3) is 0 Å². The molecule has 0 unspecified atom stereocenters. The molecule has 0 aliphatic rings. The Hall–Kier alpha value is -1.54. The molecule has 0 spiro atoms. The molecular formula is C12H12BrNO3. The molecule has 0 bridgehead atoms. The summed E-state index contributed by atoms with van der Waals surface area (Å²) in [6, 6.07) is 5.32. The van der Waals surface area contributed by atoms with Crippen molar-refractivity contribution >= 4 is 21.9 Å². The summed E-state index contributed by atoms with van der Waals surface area (Å²) in [7, 11) is 0. The van der Waals surface area contributed by atoms with Crippen molar-refractivity contribution in [2.45, 2.75) is 19.8 Å². The minimum atomic E-state index is -1.02. The van der Waals surface area contributed by atoms with E-state index in [1.807, 2.05) is 6.07 Å². The topological polar surface area (TPSA) is 70.3 Å². The fourth-order valence-corrected chi connectivity index (χ4v) is 1.98. The van der Waals surface area contributed by atoms with E-state index in [0.717, 1.165) is 5.56 Å². The molecule has 1 aromatic rings. The Balaban J connectivity index is 2.89. The van der Waals surface area contributed by atoms with E-state index in [0.29, 0.717) is 29.7 Å². The number of unbranched alkanes of at least 4 members (excludes halogenated alkanes) is 1. The first kappa shape index (κ1) is 13.5. The maximum Gasteiger partial charge on any atom is 0.339 e. The molecule has 0 heterocycles. The van der Waals surface area contributed by atoms with Gasteiger partial charge in [0.05, 0.1) is 12.7 Å². The zero-order valence-electron chi connectivity index (χ0n) is 9.36. The van der Waals surface area contributed by atoms with Gasteiger partial charge in [0, 0.05) is 10.9 Å². The number of halogens is 1. The molecule has 0 aliphatic heterocycles. The molecule has 0 saturated carbocycles. The fraction of sp³-hybridized carbons (Fsp3) is 0.333. The summed E-state index contributed by atoms with van der Waals surface area (Å²) in [4.78, 5) is 11.1. The van der Waals surface area contributed by atoms with Crippen molar-refractivity contribution in [2.75, 3.05) is 6.61 Å². The van der Waals surface area contributed by atoms with Gasteiger partial charge in [-0.25, -0.2) is 4.79 Å². The first-order chi connectivity index (χ1) is 8.06. The second kappa shape index (κ2) is 6.26. The Labute approximate surface area is 108 Å². The number of nitriles is 1. The van der Waals surface area contributed by atoms with E-state index in [1.54, 1.807) is 13.0 Å². The van der Waals surface area contributed by atoms with Crippen molar-refractivity contribution in [3.63, 3.8) is 0 Å². The van der Waals surface area contributed by atoms with E-state index in [1.165, 1.54) is 6.07 Å². The van der Waals surface area contributed by atoms with Crippen LogP contribution in [0, 0.1) is 18.3 Å². The third kappa shape index (κ3) is 3.75. The lowest BCUT2D eigenvalue weighted by molar-refractivity contribution is 0.0692. The number of carbonyl (C=O) groups is 1. The number of ether oxygens (including phenoxy) is 1. The van der Waals surface area contributed by atoms with Crippen LogP contribution < -0.4 is 4.74 Å². The van der Waals surface area contributed by atoms with Crippen molar-refractivity contribution in [1.29, 1.82) is 5.26 Å². The number of hydrogen-bond acceptors (Lipinski definition) is 3. The third-order valence-electron chi connectivity index (χ3n) is 2.15. The van der Waals surface area contributed by atoms with Crippen molar-refractivity contribution in [3.8, 4) is 11.8 Å². The molecular weight excluding hydrogens is 286 g/mol. The predicted molar refractivity (Wildman–Crippen MR) is 66.2 cm³/mol. The predicted octanol–water partition coefficient (Wildman–Crippen LogP) is 3.14. The summed E-state index contributed by atoms with van der Waals surface area (Å²) in [5.41, 5.74) is 0.891. The van der Waals surface area contributed by atoms with Gasteiger partial charge in [-0.05, 0) is 31.0 Å². The highest BCUT2D eigenvalue weighted by Gasteiger charge is 2.14. The molecule has 0 atom stereocenters. The molecule has 0 fully saturated rings. The normalized spacial score (nSPS) is 9.71. The van der Waals surface area contributed by atoms with Gasteiger partial charge in [-0.2, -0.15) is 5.26 Å². The van der Waals surface area contributed by atoms with Gasteiger partial charge in [0.1, 0.15) is 11.3 Å². The number of carboxylic acids is 1. The van der Waals surface area contributed by atoms with Gasteiger partial charge in [-0.3, -0.25) is 0 Å². The molecule has 0 aliphatic carbocycles. The van der Waals surface area contributed by atoms with Crippen molar-refractivity contribution in [1.82, 2.24) is 0 Å². The van der Waals surface area contributed by atoms with Gasteiger partial charge in [0.15, 0.2) is 0 Å². The summed E-state index contributed by atoms with van der Waals surface area (Å²) in [5, 5.41) is 17.5. The van der Waals surface area contributed by atoms with Crippen molar-refractivity contribution in [2.24, 2.45) is 0 Å². The lowest BCUT2D eigenvalue weighted by Gasteiger charge is -2.12. The molecule has 0 aromatic heterocycles.